The van der Waals surface area contributed by atoms with Crippen molar-refractivity contribution in [3.8, 4) is 11.8 Å². The fourth-order valence-electron chi connectivity index (χ4n) is 5.60. The fourth-order valence-corrected chi connectivity index (χ4v) is 7.77. The maximum absolute atomic E-state index is 13.7. The maximum atomic E-state index is 13.7. The molecule has 51 heavy (non-hydrogen) atoms. The van der Waals surface area contributed by atoms with E-state index in [0.717, 1.165) is 41.7 Å². The molecule has 6 rings (SSSR count). The van der Waals surface area contributed by atoms with Gasteiger partial charge in [0.05, 0.1) is 10.8 Å². The molecule has 0 radical (unpaired) electrons. The second kappa shape index (κ2) is 16.9. The minimum absolute atomic E-state index is 0.0551. The molecule has 0 bridgehead atoms. The average molecular weight is 713 g/mol. The van der Waals surface area contributed by atoms with Crippen LogP contribution in [-0.4, -0.2) is 23.0 Å². The number of hydrogen-bond donors (Lipinski definition) is 3. The minimum Gasteiger partial charge on any atom is -0.489 e. The number of benzene rings is 4. The molecule has 0 spiro atoms. The Morgan fingerprint density at radius 3 is 2.37 bits per heavy atom. The highest BCUT2D eigenvalue weighted by atomic mass is 32.2. The Bertz CT molecular complexity index is 2090. The van der Waals surface area contributed by atoms with E-state index in [1.807, 2.05) is 73.7 Å². The summed E-state index contributed by atoms with van der Waals surface area (Å²) < 4.78 is 5.90. The number of carbonyl (C=O) groups excluding carboxylic acids is 3. The van der Waals surface area contributed by atoms with Crippen LogP contribution in [0, 0.1) is 11.3 Å². The number of nitrogens with zero attached hydrogens (tertiary/aromatic N) is 1. The topological polar surface area (TPSA) is 120 Å². The van der Waals surface area contributed by atoms with E-state index in [1.165, 1.54) is 28.0 Å². The summed E-state index contributed by atoms with van der Waals surface area (Å²) in [7, 11) is 0. The highest BCUT2D eigenvalue weighted by Gasteiger charge is 2.24. The molecule has 1 heterocycles. The number of aryl methyl sites for hydroxylation is 1. The van der Waals surface area contributed by atoms with Crippen molar-refractivity contribution in [1.82, 2.24) is 5.32 Å². The molecule has 1 atom stereocenters. The van der Waals surface area contributed by atoms with Crippen molar-refractivity contribution < 1.29 is 19.1 Å². The van der Waals surface area contributed by atoms with Gasteiger partial charge in [-0.1, -0.05) is 66.7 Å². The summed E-state index contributed by atoms with van der Waals surface area (Å²) in [5, 5.41) is 18.6. The van der Waals surface area contributed by atoms with Crippen molar-refractivity contribution in [2.45, 2.75) is 49.4 Å². The Hall–Kier alpha value is -5.63. The molecule has 0 aliphatic heterocycles. The smallest absolute Gasteiger partial charge is 0.272 e. The predicted octanol–water partition coefficient (Wildman–Crippen LogP) is 8.61. The average Bonchev–Trinajstić information content (AvgIpc) is 3.51. The Balaban J connectivity index is 1.14. The van der Waals surface area contributed by atoms with Crippen LogP contribution in [0.1, 0.15) is 57.3 Å². The third kappa shape index (κ3) is 9.34. The van der Waals surface area contributed by atoms with Gasteiger partial charge in [0.1, 0.15) is 29.1 Å². The lowest BCUT2D eigenvalue weighted by atomic mass is 9.96. The van der Waals surface area contributed by atoms with Crippen molar-refractivity contribution in [3.05, 3.63) is 148 Å². The summed E-state index contributed by atoms with van der Waals surface area (Å²) in [5.74, 6) is -0.458. The molecule has 0 saturated carbocycles. The molecule has 1 unspecified atom stereocenters. The van der Waals surface area contributed by atoms with Crippen LogP contribution in [0.4, 0.5) is 10.7 Å². The molecule has 3 amide bonds. The van der Waals surface area contributed by atoms with Gasteiger partial charge < -0.3 is 20.7 Å². The van der Waals surface area contributed by atoms with Crippen LogP contribution < -0.4 is 20.7 Å². The van der Waals surface area contributed by atoms with Crippen LogP contribution in [0.15, 0.2) is 120 Å². The van der Waals surface area contributed by atoms with Gasteiger partial charge in [0.2, 0.25) is 5.91 Å². The lowest BCUT2D eigenvalue weighted by Gasteiger charge is -2.14. The molecule has 8 nitrogen and oxygen atoms in total. The van der Waals surface area contributed by atoms with E-state index in [9.17, 15) is 19.6 Å². The van der Waals surface area contributed by atoms with Crippen LogP contribution in [-0.2, 0) is 29.0 Å². The Morgan fingerprint density at radius 2 is 1.63 bits per heavy atom. The molecule has 1 aliphatic rings. The first kappa shape index (κ1) is 35.2. The van der Waals surface area contributed by atoms with Gasteiger partial charge in [-0.25, -0.2) is 0 Å². The monoisotopic (exact) mass is 712 g/mol. The quantitative estimate of drug-likeness (QED) is 0.0881. The maximum Gasteiger partial charge on any atom is 0.272 e. The number of hydrogen-bond acceptors (Lipinski definition) is 7. The van der Waals surface area contributed by atoms with Crippen LogP contribution in [0.2, 0.25) is 0 Å². The number of ether oxygens (including phenoxy) is 1. The van der Waals surface area contributed by atoms with E-state index in [4.69, 9.17) is 4.74 Å². The zero-order chi connectivity index (χ0) is 35.6. The second-order valence-electron chi connectivity index (χ2n) is 12.0. The number of anilines is 2. The Morgan fingerprint density at radius 1 is 0.902 bits per heavy atom. The zero-order valence-electron chi connectivity index (χ0n) is 28.0. The van der Waals surface area contributed by atoms with Crippen molar-refractivity contribution >= 4 is 57.6 Å². The summed E-state index contributed by atoms with van der Waals surface area (Å²) in [6.07, 6.45) is 5.58. The first-order valence-electron chi connectivity index (χ1n) is 16.6. The molecule has 3 N–H and O–H groups in total. The number of rotatable bonds is 12. The number of amides is 3. The SMILES string of the molecule is CC(Sc1cccc(NC(=O)/C(=C\c2ccc(OCc3ccccc3)cc2)NC(=O)c2ccccc2)c1)C(=O)Nc1sc2c(c1C#N)CCCC2. The van der Waals surface area contributed by atoms with E-state index >= 15 is 0 Å². The van der Waals surface area contributed by atoms with E-state index in [1.54, 1.807) is 48.5 Å². The Labute approximate surface area is 305 Å². The van der Waals surface area contributed by atoms with E-state index in [2.05, 4.69) is 22.0 Å². The van der Waals surface area contributed by atoms with E-state index in [0.29, 0.717) is 39.7 Å². The molecule has 5 aromatic rings. The lowest BCUT2D eigenvalue weighted by molar-refractivity contribution is -0.115. The summed E-state index contributed by atoms with van der Waals surface area (Å²) in [6, 6.07) is 35.3. The second-order valence-corrected chi connectivity index (χ2v) is 14.5. The van der Waals surface area contributed by atoms with Crippen LogP contribution in [0.5, 0.6) is 5.75 Å². The van der Waals surface area contributed by atoms with Gasteiger partial charge in [-0.15, -0.1) is 23.1 Å². The summed E-state index contributed by atoms with van der Waals surface area (Å²) in [4.78, 5) is 42.0. The molecule has 256 valence electrons. The highest BCUT2D eigenvalue weighted by molar-refractivity contribution is 8.00. The van der Waals surface area contributed by atoms with E-state index < -0.39 is 17.1 Å². The Kier molecular flexibility index (Phi) is 11.6. The largest absolute Gasteiger partial charge is 0.489 e. The third-order valence-corrected chi connectivity index (χ3v) is 10.6. The third-order valence-electron chi connectivity index (χ3n) is 8.26. The standard InChI is InChI=1S/C41H36N4O4S2/c1-27(38(46)45-41-35(25-42)34-17-8-9-18-37(34)51-41)50-33-16-10-15-31(24-33)43-40(48)36(44-39(47)30-13-6-3-7-14-30)23-28-19-21-32(22-20-28)49-26-29-11-4-2-5-12-29/h2-7,10-16,19-24,27H,8-9,17-18,26H2,1H3,(H,43,48)(H,44,47)(H,45,46)/b36-23+. The van der Waals surface area contributed by atoms with Gasteiger partial charge in [0, 0.05) is 21.0 Å². The molecule has 1 aromatic heterocycles. The number of carbonyl (C=O) groups is 3. The zero-order valence-corrected chi connectivity index (χ0v) is 29.6. The van der Waals surface area contributed by atoms with Gasteiger partial charge in [0.15, 0.2) is 0 Å². The fraction of sp³-hybridized carbons (Fsp3) is 0.171. The molecular formula is C41H36N4O4S2. The number of nitriles is 1. The van der Waals surface area contributed by atoms with Gasteiger partial charge >= 0.3 is 0 Å². The van der Waals surface area contributed by atoms with Gasteiger partial charge in [0.25, 0.3) is 11.8 Å². The van der Waals surface area contributed by atoms with Gasteiger partial charge in [-0.05, 0) is 97.8 Å². The van der Waals surface area contributed by atoms with Crippen molar-refractivity contribution in [1.29, 1.82) is 5.26 Å². The molecule has 4 aromatic carbocycles. The summed E-state index contributed by atoms with van der Waals surface area (Å²) in [5.41, 5.74) is 4.37. The summed E-state index contributed by atoms with van der Waals surface area (Å²) >= 11 is 2.85. The predicted molar refractivity (Wildman–Crippen MR) is 204 cm³/mol. The number of thiophene rings is 1. The van der Waals surface area contributed by atoms with Crippen molar-refractivity contribution in [2.24, 2.45) is 0 Å². The van der Waals surface area contributed by atoms with Crippen LogP contribution in [0.25, 0.3) is 6.08 Å². The first-order chi connectivity index (χ1) is 24.9. The minimum atomic E-state index is -0.512. The molecule has 0 fully saturated rings. The van der Waals surface area contributed by atoms with Gasteiger partial charge in [-0.3, -0.25) is 14.4 Å². The highest BCUT2D eigenvalue weighted by Crippen LogP contribution is 2.38. The van der Waals surface area contributed by atoms with Gasteiger partial charge in [-0.2, -0.15) is 5.26 Å². The van der Waals surface area contributed by atoms with Crippen LogP contribution >= 0.6 is 23.1 Å². The van der Waals surface area contributed by atoms with Crippen molar-refractivity contribution in [2.75, 3.05) is 10.6 Å². The number of nitrogens with one attached hydrogen (secondary N) is 3. The van der Waals surface area contributed by atoms with Crippen LogP contribution in [0.3, 0.4) is 0 Å². The summed E-state index contributed by atoms with van der Waals surface area (Å²) in [6.45, 7) is 2.23. The van der Waals surface area contributed by atoms with E-state index in [-0.39, 0.29) is 11.6 Å². The lowest BCUT2D eigenvalue weighted by Crippen LogP contribution is -2.30. The molecular weight excluding hydrogens is 677 g/mol. The molecule has 1 aliphatic carbocycles. The van der Waals surface area contributed by atoms with Crippen molar-refractivity contribution in [3.63, 3.8) is 0 Å². The molecule has 10 heteroatoms. The number of fused-ring (bicyclic) bond motifs is 1. The molecule has 0 saturated heterocycles. The number of thioether (sulfide) groups is 1. The normalized spacial score (nSPS) is 12.9. The first-order valence-corrected chi connectivity index (χ1v) is 18.3.